The largest absolute Gasteiger partial charge is 0.337 e. The molecule has 1 aromatic heterocycles. The lowest BCUT2D eigenvalue weighted by Gasteiger charge is -2.26. The molecule has 2 aliphatic heterocycles. The number of likely N-dealkylation sites (tertiary alicyclic amines) is 2. The Kier molecular flexibility index (Phi) is 3.88. The highest BCUT2D eigenvalue weighted by molar-refractivity contribution is 5.92. The lowest BCUT2D eigenvalue weighted by atomic mass is 9.89. The number of carbonyl (C=O) groups is 1. The highest BCUT2D eigenvalue weighted by atomic mass is 19.1. The molecule has 0 aliphatic carbocycles. The fraction of sp³-hybridized carbons (Fsp3) is 0.389. The van der Waals surface area contributed by atoms with Gasteiger partial charge in [-0.05, 0) is 30.7 Å². The molecular weight excluding hydrogens is 323 g/mol. The summed E-state index contributed by atoms with van der Waals surface area (Å²) in [6.45, 7) is 2.09. The van der Waals surface area contributed by atoms with Crippen molar-refractivity contribution in [3.05, 3.63) is 64.1 Å². The Morgan fingerprint density at radius 3 is 2.88 bits per heavy atom. The molecule has 2 fully saturated rings. The Morgan fingerprint density at radius 1 is 1.28 bits per heavy atom. The first kappa shape index (κ1) is 16.0. The molecule has 3 heterocycles. The summed E-state index contributed by atoms with van der Waals surface area (Å²) in [6, 6.07) is 6.78. The van der Waals surface area contributed by atoms with Crippen LogP contribution in [0.4, 0.5) is 4.39 Å². The van der Waals surface area contributed by atoms with Gasteiger partial charge in [0.1, 0.15) is 11.5 Å². The summed E-state index contributed by atoms with van der Waals surface area (Å²) in [5, 5.41) is 0. The summed E-state index contributed by atoms with van der Waals surface area (Å²) in [7, 11) is 2.04. The minimum absolute atomic E-state index is 0.0893. The standard InChI is InChI=1S/C18H19FN4O2/c1-22-8-12-9-23(18(25)15-6-20-7-16(24)21-15)10-14(12)17(22)11-3-2-4-13(19)5-11/h2-7,12,14,17H,8-10H2,1H3,(H,21,24)/t12-,14+,17-/m0/s1. The molecule has 0 radical (unpaired) electrons. The van der Waals surface area contributed by atoms with E-state index < -0.39 is 0 Å². The van der Waals surface area contributed by atoms with Crippen molar-refractivity contribution in [2.24, 2.45) is 11.8 Å². The van der Waals surface area contributed by atoms with E-state index in [2.05, 4.69) is 14.9 Å². The molecule has 2 aliphatic rings. The van der Waals surface area contributed by atoms with Gasteiger partial charge in [-0.1, -0.05) is 12.1 Å². The Morgan fingerprint density at radius 2 is 2.12 bits per heavy atom. The molecule has 0 spiro atoms. The number of hydrogen-bond donors (Lipinski definition) is 1. The average Bonchev–Trinajstić information content (AvgIpc) is 3.10. The molecular formula is C18H19FN4O2. The third kappa shape index (κ3) is 2.84. The number of carbonyl (C=O) groups excluding carboxylic acids is 1. The van der Waals surface area contributed by atoms with Gasteiger partial charge in [-0.25, -0.2) is 4.39 Å². The zero-order chi connectivity index (χ0) is 17.6. The Balaban J connectivity index is 1.57. The SMILES string of the molecule is CN1C[C@H]2CN(C(=O)c3cncc(=O)[nH]3)C[C@H]2[C@@H]1c1cccc(F)c1. The van der Waals surface area contributed by atoms with Gasteiger partial charge in [0, 0.05) is 31.6 Å². The van der Waals surface area contributed by atoms with Gasteiger partial charge in [0.2, 0.25) is 0 Å². The second-order valence-electron chi connectivity index (χ2n) is 6.88. The van der Waals surface area contributed by atoms with E-state index in [1.165, 1.54) is 12.3 Å². The summed E-state index contributed by atoms with van der Waals surface area (Å²) in [4.78, 5) is 34.4. The molecule has 4 rings (SSSR count). The zero-order valence-corrected chi connectivity index (χ0v) is 13.9. The van der Waals surface area contributed by atoms with Crippen LogP contribution >= 0.6 is 0 Å². The first-order valence-electron chi connectivity index (χ1n) is 8.32. The topological polar surface area (TPSA) is 69.3 Å². The van der Waals surface area contributed by atoms with Crippen LogP contribution in [0.3, 0.4) is 0 Å². The quantitative estimate of drug-likeness (QED) is 0.893. The molecule has 6 nitrogen and oxygen atoms in total. The van der Waals surface area contributed by atoms with Crippen LogP contribution in [-0.2, 0) is 0 Å². The third-order valence-electron chi connectivity index (χ3n) is 5.26. The maximum Gasteiger partial charge on any atom is 0.271 e. The molecule has 25 heavy (non-hydrogen) atoms. The van der Waals surface area contributed by atoms with Gasteiger partial charge in [0.15, 0.2) is 0 Å². The first-order chi connectivity index (χ1) is 12.0. The normalized spacial score (nSPS) is 26.0. The van der Waals surface area contributed by atoms with E-state index in [1.54, 1.807) is 17.0 Å². The summed E-state index contributed by atoms with van der Waals surface area (Å²) in [5.74, 6) is 0.137. The number of benzene rings is 1. The Labute approximate surface area is 144 Å². The summed E-state index contributed by atoms with van der Waals surface area (Å²) < 4.78 is 13.6. The summed E-state index contributed by atoms with van der Waals surface area (Å²) in [6.07, 6.45) is 2.53. The number of amides is 1. The van der Waals surface area contributed by atoms with Crippen LogP contribution in [0.2, 0.25) is 0 Å². The van der Waals surface area contributed by atoms with Crippen LogP contribution in [0.1, 0.15) is 22.1 Å². The predicted molar refractivity (Wildman–Crippen MR) is 89.5 cm³/mol. The van der Waals surface area contributed by atoms with Crippen LogP contribution < -0.4 is 5.56 Å². The maximum atomic E-state index is 13.6. The lowest BCUT2D eigenvalue weighted by molar-refractivity contribution is 0.0761. The predicted octanol–water partition coefficient (Wildman–Crippen LogP) is 1.28. The molecule has 0 bridgehead atoms. The van der Waals surface area contributed by atoms with Crippen molar-refractivity contribution < 1.29 is 9.18 Å². The van der Waals surface area contributed by atoms with Gasteiger partial charge < -0.3 is 9.88 Å². The van der Waals surface area contributed by atoms with E-state index in [0.717, 1.165) is 18.3 Å². The lowest BCUT2D eigenvalue weighted by Crippen LogP contribution is -2.34. The average molecular weight is 342 g/mol. The van der Waals surface area contributed by atoms with E-state index in [-0.39, 0.29) is 34.9 Å². The fourth-order valence-corrected chi connectivity index (χ4v) is 4.27. The van der Waals surface area contributed by atoms with Crippen LogP contribution in [0, 0.1) is 17.7 Å². The molecule has 2 aromatic rings. The van der Waals surface area contributed by atoms with Crippen molar-refractivity contribution in [2.45, 2.75) is 6.04 Å². The number of H-pyrrole nitrogens is 1. The van der Waals surface area contributed by atoms with Crippen LogP contribution in [0.15, 0.2) is 41.5 Å². The van der Waals surface area contributed by atoms with Crippen molar-refractivity contribution in [1.82, 2.24) is 19.8 Å². The van der Waals surface area contributed by atoms with Crippen molar-refractivity contribution in [3.8, 4) is 0 Å². The Hall–Kier alpha value is -2.54. The maximum absolute atomic E-state index is 13.6. The van der Waals surface area contributed by atoms with Crippen molar-refractivity contribution >= 4 is 5.91 Å². The number of hydrogen-bond acceptors (Lipinski definition) is 4. The number of nitrogens with zero attached hydrogens (tertiary/aromatic N) is 3. The molecule has 1 amide bonds. The van der Waals surface area contributed by atoms with Gasteiger partial charge in [0.25, 0.3) is 11.5 Å². The van der Waals surface area contributed by atoms with Gasteiger partial charge in [-0.2, -0.15) is 0 Å². The van der Waals surface area contributed by atoms with Crippen molar-refractivity contribution in [1.29, 1.82) is 0 Å². The second-order valence-corrected chi connectivity index (χ2v) is 6.88. The van der Waals surface area contributed by atoms with Gasteiger partial charge in [0.05, 0.1) is 12.4 Å². The Bertz CT molecular complexity index is 868. The van der Waals surface area contributed by atoms with E-state index in [1.807, 2.05) is 13.1 Å². The van der Waals surface area contributed by atoms with Crippen LogP contribution in [0.25, 0.3) is 0 Å². The molecule has 1 N–H and O–H groups in total. The summed E-state index contributed by atoms with van der Waals surface area (Å²) >= 11 is 0. The number of halogens is 1. The summed E-state index contributed by atoms with van der Waals surface area (Å²) in [5.41, 5.74) is 0.768. The zero-order valence-electron chi connectivity index (χ0n) is 13.9. The second kappa shape index (κ2) is 6.07. The molecule has 0 saturated carbocycles. The fourth-order valence-electron chi connectivity index (χ4n) is 4.27. The molecule has 1 aromatic carbocycles. The minimum atomic E-state index is -0.386. The minimum Gasteiger partial charge on any atom is -0.337 e. The van der Waals surface area contributed by atoms with E-state index >= 15 is 0 Å². The van der Waals surface area contributed by atoms with Gasteiger partial charge >= 0.3 is 0 Å². The van der Waals surface area contributed by atoms with Gasteiger partial charge in [-0.3, -0.25) is 19.5 Å². The van der Waals surface area contributed by atoms with Gasteiger partial charge in [-0.15, -0.1) is 0 Å². The van der Waals surface area contributed by atoms with Crippen molar-refractivity contribution in [3.63, 3.8) is 0 Å². The smallest absolute Gasteiger partial charge is 0.271 e. The molecule has 0 unspecified atom stereocenters. The van der Waals surface area contributed by atoms with Crippen LogP contribution in [-0.4, -0.2) is 52.4 Å². The molecule has 130 valence electrons. The number of rotatable bonds is 2. The first-order valence-corrected chi connectivity index (χ1v) is 8.32. The molecule has 3 atom stereocenters. The number of nitrogens with one attached hydrogen (secondary N) is 1. The van der Waals surface area contributed by atoms with E-state index in [9.17, 15) is 14.0 Å². The highest BCUT2D eigenvalue weighted by Gasteiger charge is 2.47. The molecule has 2 saturated heterocycles. The third-order valence-corrected chi connectivity index (χ3v) is 5.26. The van der Waals surface area contributed by atoms with Crippen molar-refractivity contribution in [2.75, 3.05) is 26.7 Å². The number of fused-ring (bicyclic) bond motifs is 1. The molecule has 7 heteroatoms. The monoisotopic (exact) mass is 342 g/mol. The van der Waals surface area contributed by atoms with E-state index in [4.69, 9.17) is 0 Å². The van der Waals surface area contributed by atoms with E-state index in [0.29, 0.717) is 19.0 Å². The number of aromatic nitrogens is 2. The highest BCUT2D eigenvalue weighted by Crippen LogP contribution is 2.44. The van der Waals surface area contributed by atoms with Crippen LogP contribution in [0.5, 0.6) is 0 Å². The number of aromatic amines is 1.